The third kappa shape index (κ3) is 10.7. The van der Waals surface area contributed by atoms with Crippen LogP contribution in [0.1, 0.15) is 11.1 Å². The van der Waals surface area contributed by atoms with Gasteiger partial charge in [0.2, 0.25) is 12.2 Å². The molecule has 0 saturated heterocycles. The molecule has 0 radical (unpaired) electrons. The molecule has 0 aromatic heterocycles. The molecule has 0 amide bonds. The molecule has 2 aromatic rings. The van der Waals surface area contributed by atoms with E-state index in [9.17, 15) is 0 Å². The second kappa shape index (κ2) is 13.6. The van der Waals surface area contributed by atoms with Crippen molar-refractivity contribution in [2.75, 3.05) is 0 Å². The summed E-state index contributed by atoms with van der Waals surface area (Å²) in [5.41, 5.74) is 2.43. The summed E-state index contributed by atoms with van der Waals surface area (Å²) >= 11 is 0. The number of nitrogens with one attached hydrogen (secondary N) is 2. The molecule has 0 fully saturated rings. The summed E-state index contributed by atoms with van der Waals surface area (Å²) in [6, 6.07) is 20.4. The number of benzene rings is 2. The highest BCUT2D eigenvalue weighted by Gasteiger charge is 1.93. The molecule has 0 bridgehead atoms. The lowest BCUT2D eigenvalue weighted by atomic mass is 10.2. The van der Waals surface area contributed by atoms with Gasteiger partial charge in [-0.25, -0.2) is 20.4 Å². The zero-order valence-corrected chi connectivity index (χ0v) is 11.4. The molecule has 108 valence electrons. The van der Waals surface area contributed by atoms with E-state index in [1.807, 2.05) is 36.4 Å². The van der Waals surface area contributed by atoms with E-state index in [1.54, 1.807) is 0 Å². The van der Waals surface area contributed by atoms with Gasteiger partial charge in [0.15, 0.2) is 0 Å². The smallest absolute Gasteiger partial charge is 0.231 e. The maximum absolute atomic E-state index is 8.35. The van der Waals surface area contributed by atoms with Gasteiger partial charge in [-0.15, -0.1) is 0 Å². The van der Waals surface area contributed by atoms with Crippen LogP contribution in [-0.4, -0.2) is 12.2 Å². The van der Waals surface area contributed by atoms with E-state index < -0.39 is 0 Å². The third-order valence-corrected chi connectivity index (χ3v) is 2.22. The Morgan fingerprint density at radius 2 is 1.00 bits per heavy atom. The summed E-state index contributed by atoms with van der Waals surface area (Å²) in [6.07, 6.45) is 1.50. The molecule has 2 rings (SSSR count). The summed E-state index contributed by atoms with van der Waals surface area (Å²) < 4.78 is 5.61. The fourth-order valence-electron chi connectivity index (χ4n) is 1.44. The molecule has 0 aliphatic heterocycles. The van der Waals surface area contributed by atoms with E-state index in [-0.39, 0.29) is 0 Å². The van der Waals surface area contributed by atoms with Gasteiger partial charge in [0.25, 0.3) is 0 Å². The Bertz CT molecular complexity index is 493. The molecular weight excluding hydrogens is 268 g/mol. The second-order valence-corrected chi connectivity index (χ2v) is 3.67. The van der Waals surface area contributed by atoms with Crippen molar-refractivity contribution >= 4 is 12.2 Å². The second-order valence-electron chi connectivity index (χ2n) is 3.67. The quantitative estimate of drug-likeness (QED) is 0.667. The summed E-state index contributed by atoms with van der Waals surface area (Å²) in [5, 5.41) is 10.8. The van der Waals surface area contributed by atoms with E-state index >= 15 is 0 Å². The average molecular weight is 284 g/mol. The zero-order valence-electron chi connectivity index (χ0n) is 11.4. The molecule has 0 aliphatic rings. The number of hydrogen-bond donors (Lipinski definition) is 2. The van der Waals surface area contributed by atoms with Crippen LogP contribution in [0.4, 0.5) is 0 Å². The van der Waals surface area contributed by atoms with Gasteiger partial charge in [-0.3, -0.25) is 0 Å². The first kappa shape index (κ1) is 18.2. The first-order chi connectivity index (χ1) is 10.3. The lowest BCUT2D eigenvalue weighted by Crippen LogP contribution is -1.93. The molecule has 2 aromatic carbocycles. The summed E-state index contributed by atoms with van der Waals surface area (Å²) in [5.74, 6) is 0. The number of ether oxygens (including phenoxy) is 1. The van der Waals surface area contributed by atoms with Crippen molar-refractivity contribution in [3.05, 3.63) is 71.8 Å². The maximum atomic E-state index is 8.35. The minimum atomic E-state index is 0.676. The largest absolute Gasteiger partial charge is 0.372 e. The van der Waals surface area contributed by atoms with E-state index in [0.29, 0.717) is 13.2 Å². The third-order valence-electron chi connectivity index (χ3n) is 2.22. The Kier molecular flexibility index (Phi) is 11.8. The number of isocyanates is 2. The molecule has 0 spiro atoms. The number of carbonyl (C=O) groups excluding carboxylic acids is 2. The topological polar surface area (TPSA) is 91.1 Å². The van der Waals surface area contributed by atoms with Gasteiger partial charge in [0.05, 0.1) is 13.2 Å². The summed E-state index contributed by atoms with van der Waals surface area (Å²) in [4.78, 5) is 16.7. The minimum absolute atomic E-state index is 0.676. The van der Waals surface area contributed by atoms with Crippen LogP contribution in [0.25, 0.3) is 0 Å². The van der Waals surface area contributed by atoms with Crippen molar-refractivity contribution < 1.29 is 14.3 Å². The van der Waals surface area contributed by atoms with E-state index in [2.05, 4.69) is 24.3 Å². The standard InChI is InChI=1S/C14H14O.2CHNO/c1-3-7-13(8-4-1)11-15-12-14-9-5-2-6-10-14;2*2-1-3/h1-10H,11-12H2;2*2H. The molecule has 0 aliphatic carbocycles. The number of rotatable bonds is 4. The lowest BCUT2D eigenvalue weighted by Gasteiger charge is -2.03. The fraction of sp³-hybridized carbons (Fsp3) is 0.125. The van der Waals surface area contributed by atoms with Crippen molar-refractivity contribution in [3.8, 4) is 0 Å². The van der Waals surface area contributed by atoms with Crippen molar-refractivity contribution in [1.82, 2.24) is 0 Å². The van der Waals surface area contributed by atoms with Crippen molar-refractivity contribution in [2.45, 2.75) is 13.2 Å². The van der Waals surface area contributed by atoms with Crippen molar-refractivity contribution in [1.29, 1.82) is 10.8 Å². The molecule has 0 heterocycles. The first-order valence-electron chi connectivity index (χ1n) is 6.01. The van der Waals surface area contributed by atoms with Gasteiger partial charge in [-0.05, 0) is 11.1 Å². The van der Waals surface area contributed by atoms with E-state index in [1.165, 1.54) is 11.1 Å². The zero-order chi connectivity index (χ0) is 15.8. The molecule has 0 unspecified atom stereocenters. The molecule has 2 N–H and O–H groups in total. The Balaban J connectivity index is 0.000000578. The highest BCUT2D eigenvalue weighted by Crippen LogP contribution is 2.05. The van der Waals surface area contributed by atoms with E-state index in [4.69, 9.17) is 25.1 Å². The minimum Gasteiger partial charge on any atom is -0.372 e. The molecule has 0 atom stereocenters. The molecule has 5 heteroatoms. The van der Waals surface area contributed by atoms with Crippen LogP contribution in [-0.2, 0) is 27.5 Å². The van der Waals surface area contributed by atoms with Gasteiger partial charge in [-0.1, -0.05) is 60.7 Å². The van der Waals surface area contributed by atoms with Gasteiger partial charge in [-0.2, -0.15) is 0 Å². The Morgan fingerprint density at radius 3 is 1.29 bits per heavy atom. The van der Waals surface area contributed by atoms with Crippen molar-refractivity contribution in [3.63, 3.8) is 0 Å². The van der Waals surface area contributed by atoms with Crippen LogP contribution in [0, 0.1) is 10.8 Å². The summed E-state index contributed by atoms with van der Waals surface area (Å²) in [7, 11) is 0. The Morgan fingerprint density at radius 1 is 0.714 bits per heavy atom. The fourth-order valence-corrected chi connectivity index (χ4v) is 1.44. The van der Waals surface area contributed by atoms with Crippen LogP contribution in [0.2, 0.25) is 0 Å². The molecule has 0 saturated carbocycles. The Labute approximate surface area is 123 Å². The van der Waals surface area contributed by atoms with E-state index in [0.717, 1.165) is 12.2 Å². The monoisotopic (exact) mass is 284 g/mol. The highest BCUT2D eigenvalue weighted by atomic mass is 16.5. The molecule has 21 heavy (non-hydrogen) atoms. The predicted octanol–water partition coefficient (Wildman–Crippen LogP) is 3.21. The highest BCUT2D eigenvalue weighted by molar-refractivity contribution is 5.26. The normalized spacial score (nSPS) is 8.00. The van der Waals surface area contributed by atoms with Crippen LogP contribution in [0.3, 0.4) is 0 Å². The van der Waals surface area contributed by atoms with Crippen LogP contribution in [0.15, 0.2) is 60.7 Å². The Hall–Kier alpha value is -2.84. The molecular formula is C16H16N2O3. The van der Waals surface area contributed by atoms with Crippen LogP contribution >= 0.6 is 0 Å². The van der Waals surface area contributed by atoms with Gasteiger partial charge < -0.3 is 4.74 Å². The van der Waals surface area contributed by atoms with Crippen LogP contribution < -0.4 is 0 Å². The number of hydrogen-bond acceptors (Lipinski definition) is 5. The van der Waals surface area contributed by atoms with Gasteiger partial charge in [0, 0.05) is 0 Å². The maximum Gasteiger partial charge on any atom is 0.231 e. The predicted molar refractivity (Wildman–Crippen MR) is 78.2 cm³/mol. The SMILES string of the molecule is N=C=O.N=C=O.c1ccc(COCc2ccccc2)cc1. The van der Waals surface area contributed by atoms with Gasteiger partial charge in [0.1, 0.15) is 0 Å². The average Bonchev–Trinajstić information content (AvgIpc) is 2.51. The first-order valence-corrected chi connectivity index (χ1v) is 6.01. The summed E-state index contributed by atoms with van der Waals surface area (Å²) in [6.45, 7) is 1.35. The van der Waals surface area contributed by atoms with Crippen molar-refractivity contribution in [2.24, 2.45) is 0 Å². The van der Waals surface area contributed by atoms with Crippen LogP contribution in [0.5, 0.6) is 0 Å². The lowest BCUT2D eigenvalue weighted by molar-refractivity contribution is 0.107. The van der Waals surface area contributed by atoms with Gasteiger partial charge >= 0.3 is 0 Å². The molecule has 5 nitrogen and oxygen atoms in total.